The highest BCUT2D eigenvalue weighted by atomic mass is 19.4. The first-order valence-corrected chi connectivity index (χ1v) is 8.00. The molecule has 0 aliphatic carbocycles. The number of amides is 1. The van der Waals surface area contributed by atoms with Gasteiger partial charge in [0.25, 0.3) is 5.91 Å². The highest BCUT2D eigenvalue weighted by molar-refractivity contribution is 5.97. The van der Waals surface area contributed by atoms with Gasteiger partial charge in [-0.3, -0.25) is 4.79 Å². The van der Waals surface area contributed by atoms with Gasteiger partial charge in [-0.05, 0) is 56.7 Å². The van der Waals surface area contributed by atoms with E-state index < -0.39 is 30.1 Å². The number of nitrogens with one attached hydrogen (secondary N) is 1. The summed E-state index contributed by atoms with van der Waals surface area (Å²) in [6.45, 7) is 5.16. The van der Waals surface area contributed by atoms with E-state index in [2.05, 4.69) is 10.1 Å². The number of carbonyl (C=O) groups excluding carboxylic acids is 2. The molecule has 1 N–H and O–H groups in total. The van der Waals surface area contributed by atoms with Gasteiger partial charge in [0.15, 0.2) is 6.10 Å². The van der Waals surface area contributed by atoms with Crippen molar-refractivity contribution < 1.29 is 32.2 Å². The number of rotatable bonds is 5. The number of esters is 1. The molecule has 144 valence electrons. The minimum absolute atomic E-state index is 0.00399. The van der Waals surface area contributed by atoms with Crippen LogP contribution < -0.4 is 10.1 Å². The molecule has 2 aromatic rings. The summed E-state index contributed by atoms with van der Waals surface area (Å²) in [5, 5.41) is 2.67. The summed E-state index contributed by atoms with van der Waals surface area (Å²) < 4.78 is 45.2. The van der Waals surface area contributed by atoms with Gasteiger partial charge >= 0.3 is 12.3 Å². The molecular weight excluding hydrogens is 363 g/mol. The third kappa shape index (κ3) is 6.02. The second-order valence-corrected chi connectivity index (χ2v) is 5.93. The quantitative estimate of drug-likeness (QED) is 0.781. The topological polar surface area (TPSA) is 64.6 Å². The van der Waals surface area contributed by atoms with Crippen LogP contribution in [0.5, 0.6) is 5.75 Å². The number of halogens is 3. The molecule has 1 amide bonds. The Bertz CT molecular complexity index is 832. The van der Waals surface area contributed by atoms with Crippen LogP contribution in [0.25, 0.3) is 0 Å². The first kappa shape index (κ1) is 20.3. The minimum Gasteiger partial charge on any atom is -0.449 e. The van der Waals surface area contributed by atoms with Gasteiger partial charge in [-0.15, -0.1) is 13.2 Å². The predicted octanol–water partition coefficient (Wildman–Crippen LogP) is 4.39. The Morgan fingerprint density at radius 1 is 1.04 bits per heavy atom. The van der Waals surface area contributed by atoms with Crippen molar-refractivity contribution in [1.29, 1.82) is 0 Å². The molecule has 8 heteroatoms. The van der Waals surface area contributed by atoms with Crippen LogP contribution in [-0.4, -0.2) is 24.3 Å². The smallest absolute Gasteiger partial charge is 0.449 e. The molecule has 27 heavy (non-hydrogen) atoms. The van der Waals surface area contributed by atoms with Crippen LogP contribution in [0.2, 0.25) is 0 Å². The maximum Gasteiger partial charge on any atom is 0.573 e. The fourth-order valence-electron chi connectivity index (χ4n) is 2.26. The van der Waals surface area contributed by atoms with Crippen LogP contribution in [0.15, 0.2) is 42.5 Å². The lowest BCUT2D eigenvalue weighted by molar-refractivity contribution is -0.274. The fraction of sp³-hybridized carbons (Fsp3) is 0.263. The molecule has 0 radical (unpaired) electrons. The summed E-state index contributed by atoms with van der Waals surface area (Å²) in [4.78, 5) is 24.2. The summed E-state index contributed by atoms with van der Waals surface area (Å²) in [6.07, 6.45) is -5.91. The second kappa shape index (κ2) is 8.11. The van der Waals surface area contributed by atoms with Crippen molar-refractivity contribution >= 4 is 17.6 Å². The van der Waals surface area contributed by atoms with E-state index in [-0.39, 0.29) is 5.56 Å². The molecule has 2 rings (SSSR count). The van der Waals surface area contributed by atoms with Gasteiger partial charge in [0.1, 0.15) is 5.75 Å². The van der Waals surface area contributed by atoms with Crippen LogP contribution in [0, 0.1) is 13.8 Å². The number of benzene rings is 2. The summed E-state index contributed by atoms with van der Waals surface area (Å²) in [7, 11) is 0. The largest absolute Gasteiger partial charge is 0.573 e. The van der Waals surface area contributed by atoms with E-state index in [0.717, 1.165) is 35.4 Å². The predicted molar refractivity (Wildman–Crippen MR) is 92.5 cm³/mol. The molecule has 0 fully saturated rings. The first-order valence-electron chi connectivity index (χ1n) is 8.00. The fourth-order valence-corrected chi connectivity index (χ4v) is 2.26. The normalized spacial score (nSPS) is 12.2. The number of ether oxygens (including phenoxy) is 2. The maximum atomic E-state index is 12.2. The number of hydrogen-bond acceptors (Lipinski definition) is 4. The highest BCUT2D eigenvalue weighted by Gasteiger charge is 2.31. The van der Waals surface area contributed by atoms with Crippen LogP contribution in [0.3, 0.4) is 0 Å². The second-order valence-electron chi connectivity index (χ2n) is 5.93. The maximum absolute atomic E-state index is 12.2. The van der Waals surface area contributed by atoms with Crippen LogP contribution in [-0.2, 0) is 9.53 Å². The Balaban J connectivity index is 1.97. The van der Waals surface area contributed by atoms with Gasteiger partial charge < -0.3 is 14.8 Å². The van der Waals surface area contributed by atoms with E-state index in [0.29, 0.717) is 5.69 Å². The van der Waals surface area contributed by atoms with E-state index >= 15 is 0 Å². The summed E-state index contributed by atoms with van der Waals surface area (Å²) in [5.41, 5.74) is 2.50. The monoisotopic (exact) mass is 381 g/mol. The van der Waals surface area contributed by atoms with Crippen LogP contribution in [0.4, 0.5) is 18.9 Å². The van der Waals surface area contributed by atoms with Gasteiger partial charge in [-0.2, -0.15) is 0 Å². The molecule has 0 unspecified atom stereocenters. The van der Waals surface area contributed by atoms with Gasteiger partial charge in [0.2, 0.25) is 0 Å². The van der Waals surface area contributed by atoms with Gasteiger partial charge in [-0.25, -0.2) is 4.79 Å². The van der Waals surface area contributed by atoms with Crippen molar-refractivity contribution in [1.82, 2.24) is 0 Å². The molecule has 5 nitrogen and oxygen atoms in total. The van der Waals surface area contributed by atoms with Crippen molar-refractivity contribution in [2.45, 2.75) is 33.2 Å². The van der Waals surface area contributed by atoms with Crippen molar-refractivity contribution in [3.05, 3.63) is 59.2 Å². The molecule has 0 aliphatic rings. The van der Waals surface area contributed by atoms with E-state index in [4.69, 9.17) is 4.74 Å². The van der Waals surface area contributed by atoms with Crippen molar-refractivity contribution in [3.63, 3.8) is 0 Å². The average molecular weight is 381 g/mol. The zero-order valence-corrected chi connectivity index (χ0v) is 14.9. The molecule has 2 aromatic carbocycles. The number of hydrogen-bond donors (Lipinski definition) is 1. The Morgan fingerprint density at radius 3 is 2.22 bits per heavy atom. The zero-order valence-electron chi connectivity index (χ0n) is 14.9. The first-order chi connectivity index (χ1) is 12.5. The van der Waals surface area contributed by atoms with E-state index in [1.807, 2.05) is 26.0 Å². The third-order valence-corrected chi connectivity index (χ3v) is 3.62. The molecular formula is C19H18F3NO4. The SMILES string of the molecule is Cc1ccc(NC(=O)[C@H](C)OC(=O)c2ccc(OC(F)(F)F)cc2)c(C)c1. The van der Waals surface area contributed by atoms with Crippen molar-refractivity contribution in [2.24, 2.45) is 0 Å². The Kier molecular flexibility index (Phi) is 6.09. The van der Waals surface area contributed by atoms with Crippen LogP contribution in [0.1, 0.15) is 28.4 Å². The van der Waals surface area contributed by atoms with Gasteiger partial charge in [-0.1, -0.05) is 17.7 Å². The zero-order chi connectivity index (χ0) is 20.2. The van der Waals surface area contributed by atoms with Crippen molar-refractivity contribution in [2.75, 3.05) is 5.32 Å². The van der Waals surface area contributed by atoms with Crippen molar-refractivity contribution in [3.8, 4) is 5.75 Å². The Labute approximate surface area is 154 Å². The number of anilines is 1. The summed E-state index contributed by atoms with van der Waals surface area (Å²) in [6, 6.07) is 9.71. The molecule has 0 saturated heterocycles. The molecule has 0 aromatic heterocycles. The van der Waals surface area contributed by atoms with E-state index in [1.54, 1.807) is 6.07 Å². The lowest BCUT2D eigenvalue weighted by Crippen LogP contribution is -2.30. The molecule has 0 aliphatic heterocycles. The molecule has 0 bridgehead atoms. The average Bonchev–Trinajstić information content (AvgIpc) is 2.56. The third-order valence-electron chi connectivity index (χ3n) is 3.62. The lowest BCUT2D eigenvalue weighted by Gasteiger charge is -2.15. The van der Waals surface area contributed by atoms with Crippen LogP contribution >= 0.6 is 0 Å². The molecule has 0 heterocycles. The van der Waals surface area contributed by atoms with E-state index in [1.165, 1.54) is 6.92 Å². The van der Waals surface area contributed by atoms with Gasteiger partial charge in [0.05, 0.1) is 5.56 Å². The Hall–Kier alpha value is -3.03. The number of aryl methyl sites for hydroxylation is 2. The standard InChI is InChI=1S/C19H18F3NO4/c1-11-4-9-16(12(2)10-11)23-17(24)13(3)26-18(25)14-5-7-15(8-6-14)27-19(20,21)22/h4-10,13H,1-3H3,(H,23,24)/t13-/m0/s1. The Morgan fingerprint density at radius 2 is 1.67 bits per heavy atom. The molecule has 0 saturated carbocycles. The molecule has 1 atom stereocenters. The lowest BCUT2D eigenvalue weighted by atomic mass is 10.1. The van der Waals surface area contributed by atoms with Gasteiger partial charge in [0, 0.05) is 5.69 Å². The summed E-state index contributed by atoms with van der Waals surface area (Å²) >= 11 is 0. The number of carbonyl (C=O) groups is 2. The van der Waals surface area contributed by atoms with E-state index in [9.17, 15) is 22.8 Å². The summed E-state index contributed by atoms with van der Waals surface area (Å²) in [5.74, 6) is -1.82. The highest BCUT2D eigenvalue weighted by Crippen LogP contribution is 2.23. The molecule has 0 spiro atoms. The number of alkyl halides is 3. The minimum atomic E-state index is -4.82.